The molecule has 7 nitrogen and oxygen atoms in total. The molecule has 0 spiro atoms. The number of nitrogens with zero attached hydrogens (tertiary/aromatic N) is 2. The van der Waals surface area contributed by atoms with E-state index < -0.39 is 62.7 Å². The lowest BCUT2D eigenvalue weighted by molar-refractivity contribution is -0.140. The summed E-state index contributed by atoms with van der Waals surface area (Å²) < 4.78 is 83.4. The minimum absolute atomic E-state index is 0.138. The molecule has 2 amide bonds. The largest absolute Gasteiger partial charge is 0.417 e. The molecule has 0 radical (unpaired) electrons. The fourth-order valence-corrected chi connectivity index (χ4v) is 6.03. The van der Waals surface area contributed by atoms with Gasteiger partial charge in [-0.1, -0.05) is 55.3 Å². The second-order valence-corrected chi connectivity index (χ2v) is 12.6. The number of sulfonamides is 1. The van der Waals surface area contributed by atoms with Crippen LogP contribution in [0.2, 0.25) is 5.02 Å². The van der Waals surface area contributed by atoms with E-state index in [1.54, 1.807) is 20.8 Å². The van der Waals surface area contributed by atoms with E-state index in [2.05, 4.69) is 5.32 Å². The minimum Gasteiger partial charge on any atom is -0.352 e. The van der Waals surface area contributed by atoms with Gasteiger partial charge in [0, 0.05) is 12.6 Å². The Morgan fingerprint density at radius 2 is 1.57 bits per heavy atom. The summed E-state index contributed by atoms with van der Waals surface area (Å²) in [4.78, 5) is 28.3. The predicted molar refractivity (Wildman–Crippen MR) is 161 cm³/mol. The van der Waals surface area contributed by atoms with Gasteiger partial charge in [-0.2, -0.15) is 13.2 Å². The fourth-order valence-electron chi connectivity index (χ4n) is 4.40. The molecule has 0 aliphatic heterocycles. The average Bonchev–Trinajstić information content (AvgIpc) is 2.96. The van der Waals surface area contributed by atoms with Crippen molar-refractivity contribution in [3.8, 4) is 0 Å². The molecule has 0 unspecified atom stereocenters. The lowest BCUT2D eigenvalue weighted by atomic mass is 10.1. The first-order valence-electron chi connectivity index (χ1n) is 13.9. The summed E-state index contributed by atoms with van der Waals surface area (Å²) in [6.07, 6.45) is -4.17. The molecule has 44 heavy (non-hydrogen) atoms. The van der Waals surface area contributed by atoms with Crippen LogP contribution in [-0.2, 0) is 32.3 Å². The molecule has 0 saturated carbocycles. The highest BCUT2D eigenvalue weighted by Crippen LogP contribution is 2.38. The molecular weight excluding hydrogens is 622 g/mol. The second kappa shape index (κ2) is 14.4. The maximum absolute atomic E-state index is 14.1. The van der Waals surface area contributed by atoms with Gasteiger partial charge < -0.3 is 10.2 Å². The number of alkyl halides is 3. The van der Waals surface area contributed by atoms with Crippen LogP contribution >= 0.6 is 11.6 Å². The van der Waals surface area contributed by atoms with Crippen LogP contribution in [0.3, 0.4) is 0 Å². The van der Waals surface area contributed by atoms with Crippen LogP contribution in [0.1, 0.15) is 50.3 Å². The lowest BCUT2D eigenvalue weighted by Gasteiger charge is -2.34. The van der Waals surface area contributed by atoms with E-state index in [1.807, 2.05) is 6.92 Å². The Morgan fingerprint density at radius 3 is 2.11 bits per heavy atom. The van der Waals surface area contributed by atoms with Gasteiger partial charge in [-0.3, -0.25) is 13.9 Å². The van der Waals surface area contributed by atoms with Gasteiger partial charge in [-0.05, 0) is 74.7 Å². The second-order valence-electron chi connectivity index (χ2n) is 10.4. The highest BCUT2D eigenvalue weighted by molar-refractivity contribution is 7.92. The van der Waals surface area contributed by atoms with Crippen LogP contribution < -0.4 is 9.62 Å². The van der Waals surface area contributed by atoms with Gasteiger partial charge in [0.05, 0.1) is 21.2 Å². The van der Waals surface area contributed by atoms with Gasteiger partial charge in [-0.15, -0.1) is 0 Å². The van der Waals surface area contributed by atoms with Crippen molar-refractivity contribution in [2.75, 3.05) is 10.8 Å². The molecular formula is C31H34ClF4N3O4S. The first-order chi connectivity index (χ1) is 20.6. The molecule has 0 aromatic heterocycles. The van der Waals surface area contributed by atoms with Gasteiger partial charge in [0.25, 0.3) is 10.0 Å². The van der Waals surface area contributed by atoms with Crippen LogP contribution in [0, 0.1) is 12.7 Å². The number of halogens is 5. The number of aryl methyl sites for hydroxylation is 1. The normalized spacial score (nSPS) is 13.2. The van der Waals surface area contributed by atoms with E-state index in [-0.39, 0.29) is 23.9 Å². The molecule has 0 aliphatic rings. The van der Waals surface area contributed by atoms with Crippen molar-refractivity contribution in [1.29, 1.82) is 0 Å². The number of carbonyl (C=O) groups is 2. The number of amides is 2. The summed E-state index contributed by atoms with van der Waals surface area (Å²) in [5, 5.41) is 2.18. The van der Waals surface area contributed by atoms with Crippen molar-refractivity contribution in [3.63, 3.8) is 0 Å². The smallest absolute Gasteiger partial charge is 0.352 e. The van der Waals surface area contributed by atoms with Crippen molar-refractivity contribution < 1.29 is 35.6 Å². The molecule has 0 bridgehead atoms. The van der Waals surface area contributed by atoms with Crippen molar-refractivity contribution in [1.82, 2.24) is 10.2 Å². The van der Waals surface area contributed by atoms with Gasteiger partial charge in [0.1, 0.15) is 18.4 Å². The zero-order valence-electron chi connectivity index (χ0n) is 24.7. The Balaban J connectivity index is 2.15. The quantitative estimate of drug-likeness (QED) is 0.220. The lowest BCUT2D eigenvalue weighted by Crippen LogP contribution is -2.53. The third kappa shape index (κ3) is 8.50. The zero-order valence-corrected chi connectivity index (χ0v) is 26.2. The first-order valence-corrected chi connectivity index (χ1v) is 15.7. The molecule has 2 atom stereocenters. The molecule has 0 fully saturated rings. The Hall–Kier alpha value is -3.64. The summed E-state index contributed by atoms with van der Waals surface area (Å²) in [5.41, 5.74) is -0.542. The number of nitrogens with one attached hydrogen (secondary N) is 1. The standard InChI is InChI=1S/C31H34ClF4N3O4S/c1-5-21(4)37-30(41)28(6-2)38(18-22-9-11-23(33)12-10-22)29(40)19-39(44(42,43)25-14-7-20(3)8-15-25)24-13-16-27(32)26(17-24)31(34,35)36/h7-17,21,28H,5-6,18-19H2,1-4H3,(H,37,41)/t21-,28+/m0/s1. The van der Waals surface area contributed by atoms with Crippen LogP contribution in [0.5, 0.6) is 0 Å². The molecule has 13 heteroatoms. The first kappa shape index (κ1) is 34.8. The topological polar surface area (TPSA) is 86.8 Å². The number of hydrogen-bond acceptors (Lipinski definition) is 4. The van der Waals surface area contributed by atoms with Crippen molar-refractivity contribution in [3.05, 3.63) is 94.3 Å². The van der Waals surface area contributed by atoms with Crippen LogP contribution in [0.15, 0.2) is 71.6 Å². The molecule has 0 aliphatic carbocycles. The third-order valence-electron chi connectivity index (χ3n) is 7.08. The van der Waals surface area contributed by atoms with E-state index in [1.165, 1.54) is 48.5 Å². The Bertz CT molecular complexity index is 1570. The van der Waals surface area contributed by atoms with Crippen molar-refractivity contribution >= 4 is 39.1 Å². The van der Waals surface area contributed by atoms with Gasteiger partial charge in [0.15, 0.2) is 0 Å². The predicted octanol–water partition coefficient (Wildman–Crippen LogP) is 6.72. The molecule has 3 aromatic rings. The monoisotopic (exact) mass is 655 g/mol. The van der Waals surface area contributed by atoms with Gasteiger partial charge in [0.2, 0.25) is 11.8 Å². The van der Waals surface area contributed by atoms with E-state index in [0.717, 1.165) is 22.6 Å². The number of anilines is 1. The SMILES string of the molecule is CC[C@H](C(=O)N[C@@H](C)CC)N(Cc1ccc(F)cc1)C(=O)CN(c1ccc(Cl)c(C(F)(F)F)c1)S(=O)(=O)c1ccc(C)cc1. The number of hydrogen-bond donors (Lipinski definition) is 1. The maximum Gasteiger partial charge on any atom is 0.417 e. The third-order valence-corrected chi connectivity index (χ3v) is 9.20. The van der Waals surface area contributed by atoms with Gasteiger partial charge >= 0.3 is 6.18 Å². The number of rotatable bonds is 12. The summed E-state index contributed by atoms with van der Waals surface area (Å²) >= 11 is 5.81. The van der Waals surface area contributed by atoms with Crippen LogP contribution in [0.4, 0.5) is 23.2 Å². The number of carbonyl (C=O) groups excluding carboxylic acids is 2. The zero-order chi connectivity index (χ0) is 32.8. The highest BCUT2D eigenvalue weighted by atomic mass is 35.5. The summed E-state index contributed by atoms with van der Waals surface area (Å²) in [7, 11) is -4.60. The summed E-state index contributed by atoms with van der Waals surface area (Å²) in [6.45, 7) is 5.91. The summed E-state index contributed by atoms with van der Waals surface area (Å²) in [5.74, 6) is -1.87. The average molecular weight is 656 g/mol. The van der Waals surface area contributed by atoms with E-state index in [0.29, 0.717) is 22.4 Å². The fraction of sp³-hybridized carbons (Fsp3) is 0.355. The van der Waals surface area contributed by atoms with Crippen LogP contribution in [-0.4, -0.2) is 43.8 Å². The number of benzene rings is 3. The molecule has 1 N–H and O–H groups in total. The van der Waals surface area contributed by atoms with Crippen LogP contribution in [0.25, 0.3) is 0 Å². The summed E-state index contributed by atoms with van der Waals surface area (Å²) in [6, 6.07) is 12.1. The molecule has 0 saturated heterocycles. The van der Waals surface area contributed by atoms with E-state index >= 15 is 0 Å². The van der Waals surface area contributed by atoms with E-state index in [9.17, 15) is 35.6 Å². The molecule has 3 aromatic carbocycles. The van der Waals surface area contributed by atoms with Gasteiger partial charge in [-0.25, -0.2) is 12.8 Å². The Labute approximate surface area is 259 Å². The molecule has 0 heterocycles. The molecule has 238 valence electrons. The maximum atomic E-state index is 14.1. The van der Waals surface area contributed by atoms with Crippen molar-refractivity contribution in [2.24, 2.45) is 0 Å². The minimum atomic E-state index is -4.91. The van der Waals surface area contributed by atoms with Crippen molar-refractivity contribution in [2.45, 2.75) is 70.2 Å². The molecule has 3 rings (SSSR count). The van der Waals surface area contributed by atoms with E-state index in [4.69, 9.17) is 11.6 Å². The Morgan fingerprint density at radius 1 is 0.955 bits per heavy atom. The highest BCUT2D eigenvalue weighted by Gasteiger charge is 2.37. The Kier molecular flexibility index (Phi) is 11.4.